The summed E-state index contributed by atoms with van der Waals surface area (Å²) >= 11 is 0. The van der Waals surface area contributed by atoms with Gasteiger partial charge in [0.2, 0.25) is 17.7 Å². The van der Waals surface area contributed by atoms with E-state index in [1.165, 1.54) is 12.1 Å². The Hall–Kier alpha value is -2.77. The first-order chi connectivity index (χ1) is 13.5. The molecule has 4 rings (SSSR count). The lowest BCUT2D eigenvalue weighted by molar-refractivity contribution is -0.136. The summed E-state index contributed by atoms with van der Waals surface area (Å²) in [5.41, 5.74) is 0.835. The maximum Gasteiger partial charge on any atom is 0.226 e. The van der Waals surface area contributed by atoms with E-state index in [-0.39, 0.29) is 29.7 Å². The van der Waals surface area contributed by atoms with Crippen molar-refractivity contribution in [1.82, 2.24) is 14.8 Å². The molecule has 2 aliphatic rings. The fourth-order valence-electron chi connectivity index (χ4n) is 3.70. The summed E-state index contributed by atoms with van der Waals surface area (Å²) in [6.07, 6.45) is 3.23. The summed E-state index contributed by atoms with van der Waals surface area (Å²) in [5.74, 6) is -0.536. The van der Waals surface area contributed by atoms with Gasteiger partial charge >= 0.3 is 0 Å². The number of hydrogen-bond acceptors (Lipinski definition) is 4. The van der Waals surface area contributed by atoms with E-state index >= 15 is 0 Å². The lowest BCUT2D eigenvalue weighted by atomic mass is 10.1. The molecule has 2 amide bonds. The van der Waals surface area contributed by atoms with Crippen LogP contribution in [0, 0.1) is 11.6 Å². The van der Waals surface area contributed by atoms with Gasteiger partial charge in [-0.3, -0.25) is 9.59 Å². The average Bonchev–Trinajstić information content (AvgIpc) is 3.10. The van der Waals surface area contributed by atoms with Crippen LogP contribution in [0.4, 0.5) is 8.78 Å². The molecule has 2 aliphatic heterocycles. The van der Waals surface area contributed by atoms with Crippen molar-refractivity contribution in [2.45, 2.75) is 38.6 Å². The van der Waals surface area contributed by atoms with Crippen LogP contribution in [-0.2, 0) is 22.6 Å². The normalized spacial score (nSPS) is 17.0. The predicted octanol–water partition coefficient (Wildman–Crippen LogP) is 2.91. The minimum Gasteiger partial charge on any atom is -0.441 e. The molecular weight excluding hydrogens is 368 g/mol. The second-order valence-electron chi connectivity index (χ2n) is 7.20. The summed E-state index contributed by atoms with van der Waals surface area (Å²) in [5, 5.41) is 0. The van der Waals surface area contributed by atoms with Crippen molar-refractivity contribution in [1.29, 1.82) is 0 Å². The zero-order chi connectivity index (χ0) is 19.7. The van der Waals surface area contributed by atoms with Crippen LogP contribution in [0.25, 0.3) is 11.5 Å². The van der Waals surface area contributed by atoms with Gasteiger partial charge in [-0.1, -0.05) is 0 Å². The number of piperidine rings is 1. The number of halogens is 2. The Morgan fingerprint density at radius 1 is 1.11 bits per heavy atom. The highest BCUT2D eigenvalue weighted by Crippen LogP contribution is 2.27. The lowest BCUT2D eigenvalue weighted by Gasteiger charge is -2.29. The quantitative estimate of drug-likeness (QED) is 0.807. The summed E-state index contributed by atoms with van der Waals surface area (Å²) in [7, 11) is 0. The van der Waals surface area contributed by atoms with Gasteiger partial charge in [0.25, 0.3) is 0 Å². The fourth-order valence-corrected chi connectivity index (χ4v) is 3.70. The molecule has 1 aromatic carbocycles. The first kappa shape index (κ1) is 18.6. The number of nitrogens with zero attached hydrogens (tertiary/aromatic N) is 3. The molecule has 3 heterocycles. The molecular formula is C20H21F2N3O3. The zero-order valence-electron chi connectivity index (χ0n) is 15.4. The molecule has 0 N–H and O–H groups in total. The third-order valence-electron chi connectivity index (χ3n) is 5.21. The van der Waals surface area contributed by atoms with Gasteiger partial charge in [-0.15, -0.1) is 0 Å². The monoisotopic (exact) mass is 389 g/mol. The van der Waals surface area contributed by atoms with Crippen LogP contribution in [-0.4, -0.2) is 46.2 Å². The summed E-state index contributed by atoms with van der Waals surface area (Å²) < 4.78 is 32.5. The van der Waals surface area contributed by atoms with Gasteiger partial charge in [-0.25, -0.2) is 13.8 Å². The second kappa shape index (κ2) is 7.69. The fraction of sp³-hybridized carbons (Fsp3) is 0.450. The number of benzene rings is 1. The highest BCUT2D eigenvalue weighted by molar-refractivity contribution is 5.79. The molecule has 0 aliphatic carbocycles. The number of rotatable bonds is 4. The standard InChI is InChI=1S/C20H21F2N3O3/c21-14-9-13(10-15(22)11-14)20-23-16-12-25(7-4-17(16)28-20)19(27)5-8-24-6-2-1-3-18(24)26/h9-11H,1-8,12H2. The van der Waals surface area contributed by atoms with Gasteiger partial charge in [0.15, 0.2) is 0 Å². The lowest BCUT2D eigenvalue weighted by Crippen LogP contribution is -2.40. The topological polar surface area (TPSA) is 66.7 Å². The van der Waals surface area contributed by atoms with Crippen LogP contribution in [0.5, 0.6) is 0 Å². The van der Waals surface area contributed by atoms with Gasteiger partial charge in [0.1, 0.15) is 23.1 Å². The van der Waals surface area contributed by atoms with E-state index in [2.05, 4.69) is 4.98 Å². The van der Waals surface area contributed by atoms with Gasteiger partial charge in [-0.2, -0.15) is 0 Å². The highest BCUT2D eigenvalue weighted by Gasteiger charge is 2.27. The minimum atomic E-state index is -0.699. The minimum absolute atomic E-state index is 0.0367. The van der Waals surface area contributed by atoms with Crippen molar-refractivity contribution in [3.05, 3.63) is 41.3 Å². The Balaban J connectivity index is 1.41. The Morgan fingerprint density at radius 2 is 1.89 bits per heavy atom. The van der Waals surface area contributed by atoms with Crippen LogP contribution >= 0.6 is 0 Å². The Labute approximate surface area is 161 Å². The number of amides is 2. The smallest absolute Gasteiger partial charge is 0.226 e. The second-order valence-corrected chi connectivity index (χ2v) is 7.20. The molecule has 0 saturated carbocycles. The first-order valence-electron chi connectivity index (χ1n) is 9.50. The Morgan fingerprint density at radius 3 is 2.64 bits per heavy atom. The maximum absolute atomic E-state index is 13.4. The summed E-state index contributed by atoms with van der Waals surface area (Å²) in [6.45, 7) is 1.94. The van der Waals surface area contributed by atoms with E-state index in [0.717, 1.165) is 18.9 Å². The molecule has 148 valence electrons. The van der Waals surface area contributed by atoms with E-state index in [1.807, 2.05) is 0 Å². The van der Waals surface area contributed by atoms with E-state index in [9.17, 15) is 18.4 Å². The molecule has 6 nitrogen and oxygen atoms in total. The maximum atomic E-state index is 13.4. The van der Waals surface area contributed by atoms with E-state index < -0.39 is 11.6 Å². The third-order valence-corrected chi connectivity index (χ3v) is 5.21. The Kier molecular flexibility index (Phi) is 5.11. The molecule has 0 spiro atoms. The van der Waals surface area contributed by atoms with Crippen LogP contribution in [0.2, 0.25) is 0 Å². The molecule has 28 heavy (non-hydrogen) atoms. The van der Waals surface area contributed by atoms with Crippen molar-refractivity contribution in [3.63, 3.8) is 0 Å². The molecule has 1 aromatic heterocycles. The van der Waals surface area contributed by atoms with Gasteiger partial charge in [0.05, 0.1) is 6.54 Å². The number of hydrogen-bond donors (Lipinski definition) is 0. The molecule has 2 aromatic rings. The molecule has 1 fully saturated rings. The predicted molar refractivity (Wildman–Crippen MR) is 96.0 cm³/mol. The molecule has 1 saturated heterocycles. The number of carbonyl (C=O) groups is 2. The molecule has 0 atom stereocenters. The third kappa shape index (κ3) is 3.90. The van der Waals surface area contributed by atoms with Crippen molar-refractivity contribution in [3.8, 4) is 11.5 Å². The number of carbonyl (C=O) groups excluding carboxylic acids is 2. The van der Waals surface area contributed by atoms with Crippen molar-refractivity contribution in [2.75, 3.05) is 19.6 Å². The van der Waals surface area contributed by atoms with E-state index in [4.69, 9.17) is 4.42 Å². The van der Waals surface area contributed by atoms with E-state index in [1.54, 1.807) is 9.80 Å². The van der Waals surface area contributed by atoms with Crippen LogP contribution in [0.3, 0.4) is 0 Å². The largest absolute Gasteiger partial charge is 0.441 e. The van der Waals surface area contributed by atoms with Crippen molar-refractivity contribution in [2.24, 2.45) is 0 Å². The molecule has 0 unspecified atom stereocenters. The SMILES string of the molecule is O=C1CCCCN1CCC(=O)N1CCc2oc(-c3cc(F)cc(F)c3)nc2C1. The molecule has 0 radical (unpaired) electrons. The Bertz CT molecular complexity index is 892. The number of fused-ring (bicyclic) bond motifs is 1. The number of oxazole rings is 1. The van der Waals surface area contributed by atoms with Gasteiger partial charge < -0.3 is 14.2 Å². The highest BCUT2D eigenvalue weighted by atomic mass is 19.1. The van der Waals surface area contributed by atoms with E-state index in [0.29, 0.717) is 50.5 Å². The number of aromatic nitrogens is 1. The average molecular weight is 389 g/mol. The molecule has 8 heteroatoms. The molecule has 0 bridgehead atoms. The summed E-state index contributed by atoms with van der Waals surface area (Å²) in [6, 6.07) is 3.12. The zero-order valence-corrected chi connectivity index (χ0v) is 15.4. The first-order valence-corrected chi connectivity index (χ1v) is 9.50. The van der Waals surface area contributed by atoms with Crippen molar-refractivity contribution >= 4 is 11.8 Å². The summed E-state index contributed by atoms with van der Waals surface area (Å²) in [4.78, 5) is 32.2. The van der Waals surface area contributed by atoms with Crippen molar-refractivity contribution < 1.29 is 22.8 Å². The van der Waals surface area contributed by atoms with Crippen LogP contribution in [0.1, 0.15) is 37.1 Å². The van der Waals surface area contributed by atoms with Gasteiger partial charge in [0, 0.05) is 50.5 Å². The van der Waals surface area contributed by atoms with Crippen LogP contribution < -0.4 is 0 Å². The van der Waals surface area contributed by atoms with Crippen LogP contribution in [0.15, 0.2) is 22.6 Å². The number of likely N-dealkylation sites (tertiary alicyclic amines) is 1. The van der Waals surface area contributed by atoms with Gasteiger partial charge in [-0.05, 0) is 25.0 Å².